The molecular weight excluding hydrogens is 295 g/mol. The fourth-order valence-corrected chi connectivity index (χ4v) is 2.33. The number of benzene rings is 3. The molecule has 0 unspecified atom stereocenters. The zero-order valence-electron chi connectivity index (χ0n) is 12.2. The van der Waals surface area contributed by atoms with Crippen LogP contribution < -0.4 is 0 Å². The van der Waals surface area contributed by atoms with Crippen molar-refractivity contribution in [1.82, 2.24) is 0 Å². The molecule has 0 spiro atoms. The Morgan fingerprint density at radius 2 is 1.57 bits per heavy atom. The normalized spacial score (nSPS) is 10.5. The van der Waals surface area contributed by atoms with E-state index < -0.39 is 11.8 Å². The molecule has 0 N–H and O–H groups in total. The molecule has 23 heavy (non-hydrogen) atoms. The lowest BCUT2D eigenvalue weighted by Gasteiger charge is -2.07. The maximum atomic E-state index is 12.8. The van der Waals surface area contributed by atoms with Gasteiger partial charge in [0.2, 0.25) is 0 Å². The van der Waals surface area contributed by atoms with Crippen LogP contribution in [0.5, 0.6) is 0 Å². The van der Waals surface area contributed by atoms with Crippen molar-refractivity contribution >= 4 is 22.5 Å². The molecule has 0 aliphatic carbocycles. The number of ketones is 1. The summed E-state index contributed by atoms with van der Waals surface area (Å²) in [5.74, 6) is -1.36. The van der Waals surface area contributed by atoms with Gasteiger partial charge >= 0.3 is 5.97 Å². The van der Waals surface area contributed by atoms with Gasteiger partial charge in [-0.15, -0.1) is 0 Å². The summed E-state index contributed by atoms with van der Waals surface area (Å²) in [4.78, 5) is 24.2. The third-order valence-electron chi connectivity index (χ3n) is 3.51. The smallest absolute Gasteiger partial charge is 0.339 e. The van der Waals surface area contributed by atoms with Crippen molar-refractivity contribution in [1.29, 1.82) is 0 Å². The number of fused-ring (bicyclic) bond motifs is 1. The van der Waals surface area contributed by atoms with Crippen molar-refractivity contribution in [2.75, 3.05) is 6.61 Å². The van der Waals surface area contributed by atoms with E-state index in [-0.39, 0.29) is 12.4 Å². The number of ether oxygens (including phenoxy) is 1. The minimum Gasteiger partial charge on any atom is -0.454 e. The van der Waals surface area contributed by atoms with Gasteiger partial charge in [0, 0.05) is 5.56 Å². The first-order valence-electron chi connectivity index (χ1n) is 7.09. The maximum absolute atomic E-state index is 12.8. The van der Waals surface area contributed by atoms with E-state index in [0.717, 1.165) is 10.8 Å². The molecule has 3 aromatic rings. The Kier molecular flexibility index (Phi) is 4.15. The Hall–Kier alpha value is -3.01. The predicted octanol–water partition coefficient (Wildman–Crippen LogP) is 4.02. The van der Waals surface area contributed by atoms with Crippen molar-refractivity contribution in [3.05, 3.63) is 83.7 Å². The molecule has 0 heterocycles. The molecule has 0 saturated heterocycles. The summed E-state index contributed by atoms with van der Waals surface area (Å²) in [6.45, 7) is -0.381. The highest BCUT2D eigenvalue weighted by molar-refractivity contribution is 6.05. The predicted molar refractivity (Wildman–Crippen MR) is 85.0 cm³/mol. The second-order valence-electron chi connectivity index (χ2n) is 5.03. The van der Waals surface area contributed by atoms with Crippen LogP contribution in [0.15, 0.2) is 66.7 Å². The molecule has 4 heteroatoms. The number of rotatable bonds is 4. The third-order valence-corrected chi connectivity index (χ3v) is 3.51. The molecule has 0 saturated carbocycles. The number of Topliss-reactive ketones (excluding diaryl/α,β-unsaturated/α-hetero) is 1. The molecule has 0 aromatic heterocycles. The van der Waals surface area contributed by atoms with Crippen LogP contribution in [0.4, 0.5) is 4.39 Å². The third kappa shape index (κ3) is 3.26. The highest BCUT2D eigenvalue weighted by Crippen LogP contribution is 2.19. The van der Waals surface area contributed by atoms with E-state index in [1.807, 2.05) is 30.3 Å². The van der Waals surface area contributed by atoms with Crippen LogP contribution in [0, 0.1) is 5.82 Å². The highest BCUT2D eigenvalue weighted by atomic mass is 19.1. The fourth-order valence-electron chi connectivity index (χ4n) is 2.33. The van der Waals surface area contributed by atoms with Gasteiger partial charge in [0.25, 0.3) is 0 Å². The van der Waals surface area contributed by atoms with Crippen LogP contribution in [0.25, 0.3) is 10.8 Å². The second-order valence-corrected chi connectivity index (χ2v) is 5.03. The molecule has 0 aliphatic heterocycles. The molecule has 3 nitrogen and oxygen atoms in total. The first-order chi connectivity index (χ1) is 11.1. The van der Waals surface area contributed by atoms with Crippen molar-refractivity contribution in [2.45, 2.75) is 0 Å². The topological polar surface area (TPSA) is 43.4 Å². The average molecular weight is 308 g/mol. The molecule has 0 aliphatic rings. The number of halogens is 1. The van der Waals surface area contributed by atoms with Gasteiger partial charge in [0.05, 0.1) is 5.56 Å². The largest absolute Gasteiger partial charge is 0.454 e. The Morgan fingerprint density at radius 1 is 0.870 bits per heavy atom. The van der Waals surface area contributed by atoms with Crippen molar-refractivity contribution in [2.24, 2.45) is 0 Å². The number of esters is 1. The van der Waals surface area contributed by atoms with E-state index in [9.17, 15) is 14.0 Å². The number of carbonyl (C=O) groups is 2. The van der Waals surface area contributed by atoms with E-state index in [1.54, 1.807) is 12.1 Å². The zero-order valence-corrected chi connectivity index (χ0v) is 12.2. The van der Waals surface area contributed by atoms with Crippen molar-refractivity contribution in [3.8, 4) is 0 Å². The minimum absolute atomic E-state index is 0.303. The van der Waals surface area contributed by atoms with Crippen LogP contribution in [0.3, 0.4) is 0 Å². The van der Waals surface area contributed by atoms with Gasteiger partial charge in [-0.05, 0) is 41.1 Å². The molecule has 0 amide bonds. The van der Waals surface area contributed by atoms with Crippen LogP contribution in [-0.2, 0) is 4.74 Å². The van der Waals surface area contributed by atoms with Gasteiger partial charge < -0.3 is 4.74 Å². The van der Waals surface area contributed by atoms with Crippen LogP contribution >= 0.6 is 0 Å². The average Bonchev–Trinajstić information content (AvgIpc) is 2.59. The summed E-state index contributed by atoms with van der Waals surface area (Å²) in [6.07, 6.45) is 0. The van der Waals surface area contributed by atoms with E-state index in [1.165, 1.54) is 24.3 Å². The quantitative estimate of drug-likeness (QED) is 0.540. The van der Waals surface area contributed by atoms with Gasteiger partial charge in [-0.2, -0.15) is 0 Å². The van der Waals surface area contributed by atoms with Gasteiger partial charge in [-0.3, -0.25) is 4.79 Å². The van der Waals surface area contributed by atoms with Gasteiger partial charge in [0.15, 0.2) is 12.4 Å². The molecule has 3 aromatic carbocycles. The molecule has 0 atom stereocenters. The Labute approximate surface area is 132 Å². The molecule has 0 bridgehead atoms. The highest BCUT2D eigenvalue weighted by Gasteiger charge is 2.14. The van der Waals surface area contributed by atoms with E-state index in [2.05, 4.69) is 0 Å². The maximum Gasteiger partial charge on any atom is 0.339 e. The Balaban J connectivity index is 1.74. The lowest BCUT2D eigenvalue weighted by molar-refractivity contribution is 0.0476. The summed E-state index contributed by atoms with van der Waals surface area (Å²) in [5, 5.41) is 1.70. The second kappa shape index (κ2) is 6.40. The molecule has 114 valence electrons. The molecule has 0 fully saturated rings. The van der Waals surface area contributed by atoms with E-state index >= 15 is 0 Å². The lowest BCUT2D eigenvalue weighted by Crippen LogP contribution is -2.14. The first kappa shape index (κ1) is 14.9. The fraction of sp³-hybridized carbons (Fsp3) is 0.0526. The summed E-state index contributed by atoms with van der Waals surface area (Å²) >= 11 is 0. The van der Waals surface area contributed by atoms with E-state index in [4.69, 9.17) is 4.74 Å². The standard InChI is InChI=1S/C19H13FO3/c20-15-10-8-14(9-11-15)18(21)12-23-19(22)17-7-3-5-13-4-1-2-6-16(13)17/h1-11H,12H2. The summed E-state index contributed by atoms with van der Waals surface area (Å²) < 4.78 is 17.9. The molecule has 3 rings (SSSR count). The first-order valence-corrected chi connectivity index (χ1v) is 7.09. The Morgan fingerprint density at radius 3 is 2.35 bits per heavy atom. The van der Waals surface area contributed by atoms with Crippen molar-refractivity contribution < 1.29 is 18.7 Å². The number of hydrogen-bond donors (Lipinski definition) is 0. The van der Waals surface area contributed by atoms with Crippen LogP contribution in [0.2, 0.25) is 0 Å². The number of carbonyl (C=O) groups excluding carboxylic acids is 2. The summed E-state index contributed by atoms with van der Waals surface area (Å²) in [5.41, 5.74) is 0.715. The van der Waals surface area contributed by atoms with Gasteiger partial charge in [-0.25, -0.2) is 9.18 Å². The van der Waals surface area contributed by atoms with Gasteiger partial charge in [-0.1, -0.05) is 36.4 Å². The SMILES string of the molecule is O=C(COC(=O)c1cccc2ccccc12)c1ccc(F)cc1. The number of hydrogen-bond acceptors (Lipinski definition) is 3. The van der Waals surface area contributed by atoms with Gasteiger partial charge in [0.1, 0.15) is 5.82 Å². The molecule has 0 radical (unpaired) electrons. The van der Waals surface area contributed by atoms with Crippen molar-refractivity contribution in [3.63, 3.8) is 0 Å². The van der Waals surface area contributed by atoms with Crippen LogP contribution in [0.1, 0.15) is 20.7 Å². The minimum atomic E-state index is -0.558. The van der Waals surface area contributed by atoms with Crippen LogP contribution in [-0.4, -0.2) is 18.4 Å². The summed E-state index contributed by atoms with van der Waals surface area (Å²) in [6, 6.07) is 17.9. The summed E-state index contributed by atoms with van der Waals surface area (Å²) in [7, 11) is 0. The van der Waals surface area contributed by atoms with E-state index in [0.29, 0.717) is 11.1 Å². The monoisotopic (exact) mass is 308 g/mol. The molecular formula is C19H13FO3. The lowest BCUT2D eigenvalue weighted by atomic mass is 10.0. The Bertz CT molecular complexity index is 864. The zero-order chi connectivity index (χ0) is 16.2.